The van der Waals surface area contributed by atoms with Crippen LogP contribution >= 0.6 is 0 Å². The van der Waals surface area contributed by atoms with Gasteiger partial charge in [-0.3, -0.25) is 4.79 Å². The lowest BCUT2D eigenvalue weighted by Crippen LogP contribution is -2.24. The van der Waals surface area contributed by atoms with Gasteiger partial charge in [-0.15, -0.1) is 0 Å². The highest BCUT2D eigenvalue weighted by Gasteiger charge is 2.30. The third-order valence-corrected chi connectivity index (χ3v) is 8.36. The molecule has 0 saturated heterocycles. The lowest BCUT2D eigenvalue weighted by atomic mass is 9.72. The topological polar surface area (TPSA) is 17.1 Å². The number of allylic oxidation sites excluding steroid dienone is 22. The van der Waals surface area contributed by atoms with Crippen LogP contribution in [0.15, 0.2) is 130 Å². The minimum Gasteiger partial charge on any atom is -0.295 e. The molecule has 2 rings (SSSR count). The highest BCUT2D eigenvalue weighted by Crippen LogP contribution is 2.41. The average molecular weight is 551 g/mol. The summed E-state index contributed by atoms with van der Waals surface area (Å²) in [6.07, 6.45) is 35.4. The Labute approximate surface area is 252 Å². The van der Waals surface area contributed by atoms with E-state index in [0.717, 1.165) is 17.6 Å². The zero-order valence-electron chi connectivity index (χ0n) is 27.5. The molecule has 220 valence electrons. The summed E-state index contributed by atoms with van der Waals surface area (Å²) in [5.41, 5.74) is 10.3. The van der Waals surface area contributed by atoms with E-state index < -0.39 is 0 Å². The summed E-state index contributed by atoms with van der Waals surface area (Å²) in [6.45, 7) is 21.9. The van der Waals surface area contributed by atoms with Crippen molar-refractivity contribution < 1.29 is 4.79 Å². The monoisotopic (exact) mass is 550 g/mol. The largest absolute Gasteiger partial charge is 0.295 e. The molecule has 0 fully saturated rings. The number of carbonyl (C=O) groups is 1. The van der Waals surface area contributed by atoms with Crippen molar-refractivity contribution >= 4 is 5.78 Å². The number of ketones is 1. The first kappa shape index (κ1) is 34.0. The second kappa shape index (κ2) is 15.7. The van der Waals surface area contributed by atoms with Gasteiger partial charge in [0.1, 0.15) is 0 Å². The summed E-state index contributed by atoms with van der Waals surface area (Å²) in [5.74, 6) is 0.280. The summed E-state index contributed by atoms with van der Waals surface area (Å²) in [7, 11) is 0. The van der Waals surface area contributed by atoms with Gasteiger partial charge in [-0.1, -0.05) is 141 Å². The van der Waals surface area contributed by atoms with Gasteiger partial charge in [0.15, 0.2) is 5.78 Å². The third-order valence-electron chi connectivity index (χ3n) is 8.36. The Morgan fingerprint density at radius 3 is 1.54 bits per heavy atom. The van der Waals surface area contributed by atoms with Gasteiger partial charge in [0.05, 0.1) is 0 Å². The lowest BCUT2D eigenvalue weighted by molar-refractivity contribution is -0.116. The molecule has 1 nitrogen and oxygen atoms in total. The molecule has 0 aromatic rings. The number of hydrogen-bond acceptors (Lipinski definition) is 1. The van der Waals surface area contributed by atoms with Crippen molar-refractivity contribution in [2.75, 3.05) is 0 Å². The SMILES string of the molecule is CC1=C(/C=C/C(C)=C\C=C\C(C)=C\C=C\C=C(C)/C=C/C=C(C)/C=C/C2=C(C)C(=O)CCC2(C)C)C(C)(C)CCC1. The fourth-order valence-corrected chi connectivity index (χ4v) is 5.54. The minimum atomic E-state index is 0.0507. The normalized spacial score (nSPS) is 21.8. The Morgan fingerprint density at radius 2 is 1.02 bits per heavy atom. The van der Waals surface area contributed by atoms with Crippen LogP contribution in [0.4, 0.5) is 0 Å². The van der Waals surface area contributed by atoms with Crippen molar-refractivity contribution in [1.82, 2.24) is 0 Å². The van der Waals surface area contributed by atoms with Crippen molar-refractivity contribution in [2.45, 2.75) is 101 Å². The molecule has 0 unspecified atom stereocenters. The molecule has 2 aliphatic carbocycles. The van der Waals surface area contributed by atoms with Crippen LogP contribution in [-0.2, 0) is 4.79 Å². The van der Waals surface area contributed by atoms with E-state index in [1.54, 1.807) is 0 Å². The fourth-order valence-electron chi connectivity index (χ4n) is 5.54. The molecule has 0 heterocycles. The molecule has 0 N–H and O–H groups in total. The molecule has 0 spiro atoms. The molecule has 41 heavy (non-hydrogen) atoms. The standard InChI is InChI=1S/C40H54O/c1-30(18-13-20-32(3)23-25-36-34(5)22-15-28-39(36,7)8)16-11-12-17-31(2)19-14-21-33(4)24-26-37-35(6)38(41)27-29-40(37,9)10/h11-14,16-21,23-26H,15,22,27-29H2,1-10H3/b12-11+,18-13+,19-14+,25-23+,26-24+,30-16+,31-17-,32-20-,33-21+. The van der Waals surface area contributed by atoms with Gasteiger partial charge in [-0.25, -0.2) is 0 Å². The quantitative estimate of drug-likeness (QED) is 0.247. The molecular formula is C40H54O. The first-order valence-corrected chi connectivity index (χ1v) is 15.3. The van der Waals surface area contributed by atoms with Crippen LogP contribution in [-0.4, -0.2) is 5.78 Å². The summed E-state index contributed by atoms with van der Waals surface area (Å²) in [6, 6.07) is 0. The molecule has 1 heteroatoms. The predicted molar refractivity (Wildman–Crippen MR) is 182 cm³/mol. The molecule has 2 aliphatic rings. The molecule has 0 aliphatic heterocycles. The summed E-state index contributed by atoms with van der Waals surface area (Å²) >= 11 is 0. The maximum absolute atomic E-state index is 12.2. The predicted octanol–water partition coefficient (Wildman–Crippen LogP) is 11.8. The van der Waals surface area contributed by atoms with E-state index in [-0.39, 0.29) is 16.6 Å². The van der Waals surface area contributed by atoms with Crippen LogP contribution in [0.5, 0.6) is 0 Å². The van der Waals surface area contributed by atoms with Crippen molar-refractivity contribution in [3.8, 4) is 0 Å². The molecule has 0 radical (unpaired) electrons. The molecule has 0 saturated carbocycles. The number of Topliss-reactive ketones (excluding diaryl/α,β-unsaturated/α-hetero) is 1. The second-order valence-electron chi connectivity index (χ2n) is 13.2. The van der Waals surface area contributed by atoms with E-state index >= 15 is 0 Å². The molecule has 0 bridgehead atoms. The maximum atomic E-state index is 12.2. The van der Waals surface area contributed by atoms with Crippen LogP contribution in [0.2, 0.25) is 0 Å². The van der Waals surface area contributed by atoms with E-state index in [1.165, 1.54) is 52.7 Å². The highest BCUT2D eigenvalue weighted by molar-refractivity contribution is 5.97. The van der Waals surface area contributed by atoms with Crippen LogP contribution in [0.25, 0.3) is 0 Å². The van der Waals surface area contributed by atoms with E-state index in [1.807, 2.05) is 6.92 Å². The number of rotatable bonds is 10. The Hall–Kier alpha value is -3.19. The summed E-state index contributed by atoms with van der Waals surface area (Å²) in [5, 5.41) is 0. The zero-order valence-corrected chi connectivity index (χ0v) is 27.5. The third kappa shape index (κ3) is 11.3. The Morgan fingerprint density at radius 1 is 0.585 bits per heavy atom. The zero-order chi connectivity index (χ0) is 30.6. The Kier molecular flexibility index (Phi) is 13.0. The minimum absolute atomic E-state index is 0.0507. The van der Waals surface area contributed by atoms with Gasteiger partial charge in [0.2, 0.25) is 0 Å². The van der Waals surface area contributed by atoms with Crippen molar-refractivity contribution in [3.63, 3.8) is 0 Å². The fraction of sp³-hybridized carbons (Fsp3) is 0.425. The molecule has 0 atom stereocenters. The lowest BCUT2D eigenvalue weighted by Gasteiger charge is -2.32. The van der Waals surface area contributed by atoms with Gasteiger partial charge >= 0.3 is 0 Å². The first-order chi connectivity index (χ1) is 19.2. The van der Waals surface area contributed by atoms with Crippen LogP contribution in [0, 0.1) is 10.8 Å². The van der Waals surface area contributed by atoms with Gasteiger partial charge in [-0.05, 0) is 94.8 Å². The first-order valence-electron chi connectivity index (χ1n) is 15.3. The van der Waals surface area contributed by atoms with Crippen LogP contribution in [0.1, 0.15) is 101 Å². The van der Waals surface area contributed by atoms with Gasteiger partial charge in [0.25, 0.3) is 0 Å². The van der Waals surface area contributed by atoms with Crippen molar-refractivity contribution in [3.05, 3.63) is 130 Å². The van der Waals surface area contributed by atoms with E-state index in [2.05, 4.69) is 147 Å². The number of carbonyl (C=O) groups excluding carboxylic acids is 1. The van der Waals surface area contributed by atoms with Crippen molar-refractivity contribution in [1.29, 1.82) is 0 Å². The van der Waals surface area contributed by atoms with Crippen molar-refractivity contribution in [2.24, 2.45) is 10.8 Å². The van der Waals surface area contributed by atoms with Crippen LogP contribution < -0.4 is 0 Å². The molecule has 0 amide bonds. The highest BCUT2D eigenvalue weighted by atomic mass is 16.1. The van der Waals surface area contributed by atoms with E-state index in [9.17, 15) is 4.79 Å². The maximum Gasteiger partial charge on any atom is 0.158 e. The van der Waals surface area contributed by atoms with Gasteiger partial charge in [0, 0.05) is 6.42 Å². The smallest absolute Gasteiger partial charge is 0.158 e. The Balaban J connectivity index is 1.91. The van der Waals surface area contributed by atoms with E-state index in [4.69, 9.17) is 0 Å². The van der Waals surface area contributed by atoms with Gasteiger partial charge in [-0.2, -0.15) is 0 Å². The Bertz CT molecular complexity index is 1300. The number of hydrogen-bond donors (Lipinski definition) is 0. The molecule has 0 aromatic carbocycles. The summed E-state index contributed by atoms with van der Waals surface area (Å²) in [4.78, 5) is 12.2. The van der Waals surface area contributed by atoms with E-state index in [0.29, 0.717) is 6.42 Å². The summed E-state index contributed by atoms with van der Waals surface area (Å²) < 4.78 is 0. The van der Waals surface area contributed by atoms with Gasteiger partial charge < -0.3 is 0 Å². The van der Waals surface area contributed by atoms with Crippen LogP contribution in [0.3, 0.4) is 0 Å². The molecular weight excluding hydrogens is 496 g/mol. The average Bonchev–Trinajstić information content (AvgIpc) is 2.88. The second-order valence-corrected chi connectivity index (χ2v) is 13.2. The molecule has 0 aromatic heterocycles.